The van der Waals surface area contributed by atoms with E-state index < -0.39 is 0 Å². The number of carbonyl (C=O) groups is 1. The molecule has 0 spiro atoms. The van der Waals surface area contributed by atoms with E-state index in [0.29, 0.717) is 19.6 Å². The van der Waals surface area contributed by atoms with Gasteiger partial charge in [-0.25, -0.2) is 4.39 Å². The lowest BCUT2D eigenvalue weighted by Gasteiger charge is -2.12. The molecule has 1 aromatic carbocycles. The number of carbonyl (C=O) groups excluding carboxylic acids is 1. The van der Waals surface area contributed by atoms with Gasteiger partial charge in [0.2, 0.25) is 0 Å². The van der Waals surface area contributed by atoms with Crippen molar-refractivity contribution < 1.29 is 13.9 Å². The smallest absolute Gasteiger partial charge is 0.307 e. The van der Waals surface area contributed by atoms with Crippen molar-refractivity contribution in [2.24, 2.45) is 0 Å². The van der Waals surface area contributed by atoms with Crippen LogP contribution in [0.5, 0.6) is 0 Å². The van der Waals surface area contributed by atoms with Crippen molar-refractivity contribution in [1.82, 2.24) is 5.32 Å². The van der Waals surface area contributed by atoms with Crippen LogP contribution in [0.3, 0.4) is 0 Å². The summed E-state index contributed by atoms with van der Waals surface area (Å²) in [5, 5.41) is 3.18. The Bertz CT molecular complexity index is 351. The highest BCUT2D eigenvalue weighted by atomic mass is 19.1. The number of hydrogen-bond donors (Lipinski definition) is 1. The van der Waals surface area contributed by atoms with Gasteiger partial charge in [-0.15, -0.1) is 0 Å². The Morgan fingerprint density at radius 1 is 1.41 bits per heavy atom. The van der Waals surface area contributed by atoms with Crippen molar-refractivity contribution in [2.75, 3.05) is 6.61 Å². The summed E-state index contributed by atoms with van der Waals surface area (Å²) in [6.07, 6.45) is 0.342. The molecule has 0 aliphatic carbocycles. The molecule has 3 nitrogen and oxygen atoms in total. The minimum absolute atomic E-state index is 0.0408. The van der Waals surface area contributed by atoms with Crippen LogP contribution in [-0.2, 0) is 16.1 Å². The summed E-state index contributed by atoms with van der Waals surface area (Å²) in [5.74, 6) is -0.445. The average Bonchev–Trinajstić information content (AvgIpc) is 2.28. The fraction of sp³-hybridized carbons (Fsp3) is 0.462. The number of hydrogen-bond acceptors (Lipinski definition) is 3. The van der Waals surface area contributed by atoms with Crippen LogP contribution in [0.25, 0.3) is 0 Å². The summed E-state index contributed by atoms with van der Waals surface area (Å²) < 4.78 is 17.5. The Morgan fingerprint density at radius 3 is 2.65 bits per heavy atom. The average molecular weight is 239 g/mol. The standard InChI is InChI=1S/C13H18FNO2/c1-3-17-13(16)8-10(2)15-9-11-4-6-12(14)7-5-11/h4-7,10,15H,3,8-9H2,1-2H3. The Hall–Kier alpha value is -1.42. The summed E-state index contributed by atoms with van der Waals surface area (Å²) in [5.41, 5.74) is 0.988. The van der Waals surface area contributed by atoms with E-state index >= 15 is 0 Å². The molecule has 1 atom stereocenters. The molecule has 1 rings (SSSR count). The van der Waals surface area contributed by atoms with Gasteiger partial charge in [-0.1, -0.05) is 12.1 Å². The zero-order valence-electron chi connectivity index (χ0n) is 10.2. The summed E-state index contributed by atoms with van der Waals surface area (Å²) >= 11 is 0. The fourth-order valence-electron chi connectivity index (χ4n) is 1.44. The van der Waals surface area contributed by atoms with E-state index in [1.807, 2.05) is 6.92 Å². The zero-order chi connectivity index (χ0) is 12.7. The molecule has 0 amide bonds. The van der Waals surface area contributed by atoms with Crippen LogP contribution in [0.2, 0.25) is 0 Å². The van der Waals surface area contributed by atoms with Gasteiger partial charge < -0.3 is 10.1 Å². The predicted molar refractivity (Wildman–Crippen MR) is 64.0 cm³/mol. The van der Waals surface area contributed by atoms with Gasteiger partial charge in [-0.2, -0.15) is 0 Å². The minimum Gasteiger partial charge on any atom is -0.466 e. The molecule has 0 bridgehead atoms. The van der Waals surface area contributed by atoms with Gasteiger partial charge in [0.25, 0.3) is 0 Å². The maximum absolute atomic E-state index is 12.7. The predicted octanol–water partition coefficient (Wildman–Crippen LogP) is 2.26. The molecule has 0 aliphatic rings. The van der Waals surface area contributed by atoms with E-state index in [-0.39, 0.29) is 17.8 Å². The summed E-state index contributed by atoms with van der Waals surface area (Å²) in [6.45, 7) is 4.72. The molecule has 0 fully saturated rings. The number of halogens is 1. The van der Waals surface area contributed by atoms with Crippen molar-refractivity contribution in [1.29, 1.82) is 0 Å². The minimum atomic E-state index is -0.242. The molecule has 1 N–H and O–H groups in total. The molecule has 94 valence electrons. The number of ether oxygens (including phenoxy) is 1. The highest BCUT2D eigenvalue weighted by molar-refractivity contribution is 5.69. The van der Waals surface area contributed by atoms with Crippen LogP contribution in [0.4, 0.5) is 4.39 Å². The van der Waals surface area contributed by atoms with Gasteiger partial charge in [-0.05, 0) is 31.5 Å². The number of benzene rings is 1. The number of esters is 1. The van der Waals surface area contributed by atoms with Crippen molar-refractivity contribution in [3.63, 3.8) is 0 Å². The lowest BCUT2D eigenvalue weighted by atomic mass is 10.2. The molecule has 17 heavy (non-hydrogen) atoms. The highest BCUT2D eigenvalue weighted by Gasteiger charge is 2.08. The summed E-state index contributed by atoms with van der Waals surface area (Å²) in [7, 11) is 0. The van der Waals surface area contributed by atoms with Crippen LogP contribution < -0.4 is 5.32 Å². The second-order valence-corrected chi connectivity index (χ2v) is 3.92. The van der Waals surface area contributed by atoms with E-state index in [0.717, 1.165) is 5.56 Å². The molecule has 0 radical (unpaired) electrons. The zero-order valence-corrected chi connectivity index (χ0v) is 10.2. The Morgan fingerprint density at radius 2 is 2.06 bits per heavy atom. The van der Waals surface area contributed by atoms with Crippen LogP contribution in [0.1, 0.15) is 25.8 Å². The van der Waals surface area contributed by atoms with E-state index in [1.165, 1.54) is 12.1 Å². The molecular formula is C13H18FNO2. The normalized spacial score (nSPS) is 12.2. The molecule has 4 heteroatoms. The Kier molecular flexibility index (Phi) is 5.63. The molecule has 0 saturated heterocycles. The largest absolute Gasteiger partial charge is 0.466 e. The maximum Gasteiger partial charge on any atom is 0.307 e. The van der Waals surface area contributed by atoms with E-state index in [2.05, 4.69) is 5.32 Å². The number of nitrogens with one attached hydrogen (secondary N) is 1. The highest BCUT2D eigenvalue weighted by Crippen LogP contribution is 2.03. The molecule has 1 unspecified atom stereocenters. The van der Waals surface area contributed by atoms with Gasteiger partial charge in [0, 0.05) is 12.6 Å². The lowest BCUT2D eigenvalue weighted by molar-refractivity contribution is -0.143. The number of rotatable bonds is 6. The molecule has 0 aliphatic heterocycles. The van der Waals surface area contributed by atoms with Crippen LogP contribution in [0, 0.1) is 5.82 Å². The SMILES string of the molecule is CCOC(=O)CC(C)NCc1ccc(F)cc1. The van der Waals surface area contributed by atoms with Gasteiger partial charge in [0.05, 0.1) is 13.0 Å². The third-order valence-electron chi connectivity index (χ3n) is 2.35. The van der Waals surface area contributed by atoms with Crippen molar-refractivity contribution >= 4 is 5.97 Å². The first-order chi connectivity index (χ1) is 8.11. The fourth-order valence-corrected chi connectivity index (χ4v) is 1.44. The Labute approximate surface area is 101 Å². The second-order valence-electron chi connectivity index (χ2n) is 3.92. The molecule has 0 heterocycles. The van der Waals surface area contributed by atoms with Crippen molar-refractivity contribution in [3.8, 4) is 0 Å². The van der Waals surface area contributed by atoms with E-state index in [4.69, 9.17) is 4.74 Å². The van der Waals surface area contributed by atoms with Crippen molar-refractivity contribution in [2.45, 2.75) is 32.9 Å². The first-order valence-electron chi connectivity index (χ1n) is 5.75. The first-order valence-corrected chi connectivity index (χ1v) is 5.75. The first kappa shape index (κ1) is 13.6. The maximum atomic E-state index is 12.7. The third-order valence-corrected chi connectivity index (χ3v) is 2.35. The molecule has 0 saturated carbocycles. The van der Waals surface area contributed by atoms with Gasteiger partial charge in [0.15, 0.2) is 0 Å². The van der Waals surface area contributed by atoms with Gasteiger partial charge >= 0.3 is 5.97 Å². The summed E-state index contributed by atoms with van der Waals surface area (Å²) in [4.78, 5) is 11.2. The van der Waals surface area contributed by atoms with Crippen molar-refractivity contribution in [3.05, 3.63) is 35.6 Å². The van der Waals surface area contributed by atoms with Crippen LogP contribution >= 0.6 is 0 Å². The quantitative estimate of drug-likeness (QED) is 0.774. The van der Waals surface area contributed by atoms with Crippen LogP contribution in [0.15, 0.2) is 24.3 Å². The lowest BCUT2D eigenvalue weighted by Crippen LogP contribution is -2.28. The Balaban J connectivity index is 2.30. The second kappa shape index (κ2) is 7.01. The monoisotopic (exact) mass is 239 g/mol. The topological polar surface area (TPSA) is 38.3 Å². The van der Waals surface area contributed by atoms with E-state index in [9.17, 15) is 9.18 Å². The van der Waals surface area contributed by atoms with Gasteiger partial charge in [0.1, 0.15) is 5.82 Å². The van der Waals surface area contributed by atoms with Gasteiger partial charge in [-0.3, -0.25) is 4.79 Å². The van der Waals surface area contributed by atoms with E-state index in [1.54, 1.807) is 19.1 Å². The molecule has 1 aromatic rings. The molecular weight excluding hydrogens is 221 g/mol. The van der Waals surface area contributed by atoms with Crippen LogP contribution in [-0.4, -0.2) is 18.6 Å². The molecule has 0 aromatic heterocycles. The third kappa shape index (κ3) is 5.45. The summed E-state index contributed by atoms with van der Waals surface area (Å²) in [6, 6.07) is 6.33.